The van der Waals surface area contributed by atoms with Gasteiger partial charge in [0.25, 0.3) is 0 Å². The number of fused-ring (bicyclic) bond motifs is 1. The third-order valence-electron chi connectivity index (χ3n) is 8.08. The molecule has 1 unspecified atom stereocenters. The van der Waals surface area contributed by atoms with Crippen molar-refractivity contribution in [2.75, 3.05) is 11.9 Å². The van der Waals surface area contributed by atoms with Gasteiger partial charge in [0.15, 0.2) is 5.13 Å². The van der Waals surface area contributed by atoms with Crippen LogP contribution in [0, 0.1) is 30.1 Å². The minimum absolute atomic E-state index is 0.0682. The molecule has 2 heterocycles. The number of carbonyl (C=O) groups is 2. The molecule has 2 amide bonds. The van der Waals surface area contributed by atoms with E-state index in [4.69, 9.17) is 0 Å². The molecule has 6 heteroatoms. The number of carbonyl (C=O) groups excluding carboxylic acids is 2. The molecule has 4 saturated carbocycles. The quantitative estimate of drug-likeness (QED) is 0.775. The van der Waals surface area contributed by atoms with Crippen molar-refractivity contribution in [2.45, 2.75) is 64.3 Å². The Morgan fingerprint density at radius 2 is 1.83 bits per heavy atom. The summed E-state index contributed by atoms with van der Waals surface area (Å²) in [5.74, 6) is 2.42. The summed E-state index contributed by atoms with van der Waals surface area (Å²) in [6, 6.07) is 5.78. The van der Waals surface area contributed by atoms with E-state index < -0.39 is 0 Å². The Bertz CT molecular complexity index is 993. The van der Waals surface area contributed by atoms with Gasteiger partial charge in [-0.1, -0.05) is 17.4 Å². The molecule has 1 atom stereocenters. The first kappa shape index (κ1) is 18.8. The summed E-state index contributed by atoms with van der Waals surface area (Å²) < 4.78 is 1.08. The van der Waals surface area contributed by atoms with Gasteiger partial charge in [-0.05, 0) is 93.7 Å². The van der Waals surface area contributed by atoms with Gasteiger partial charge in [-0.3, -0.25) is 9.59 Å². The predicted molar refractivity (Wildman–Crippen MR) is 118 cm³/mol. The van der Waals surface area contributed by atoms with Crippen molar-refractivity contribution in [1.82, 2.24) is 9.88 Å². The Balaban J connectivity index is 1.21. The average molecular weight is 424 g/mol. The minimum Gasteiger partial charge on any atom is -0.330 e. The fourth-order valence-electron chi connectivity index (χ4n) is 7.23. The van der Waals surface area contributed by atoms with Crippen LogP contribution in [-0.4, -0.2) is 34.3 Å². The molecule has 2 aromatic rings. The van der Waals surface area contributed by atoms with E-state index in [0.717, 1.165) is 66.6 Å². The summed E-state index contributed by atoms with van der Waals surface area (Å²) in [6.07, 6.45) is 8.82. The Hall–Kier alpha value is -1.95. The van der Waals surface area contributed by atoms with Gasteiger partial charge in [0.1, 0.15) is 6.04 Å². The topological polar surface area (TPSA) is 62.3 Å². The number of anilines is 1. The summed E-state index contributed by atoms with van der Waals surface area (Å²) in [6.45, 7) is 2.78. The zero-order chi connectivity index (χ0) is 20.5. The van der Waals surface area contributed by atoms with Crippen LogP contribution >= 0.6 is 11.3 Å². The van der Waals surface area contributed by atoms with Gasteiger partial charge in [-0.25, -0.2) is 4.98 Å². The van der Waals surface area contributed by atoms with Crippen molar-refractivity contribution >= 4 is 38.5 Å². The highest BCUT2D eigenvalue weighted by molar-refractivity contribution is 7.22. The van der Waals surface area contributed by atoms with E-state index >= 15 is 0 Å². The van der Waals surface area contributed by atoms with Crippen LogP contribution in [-0.2, 0) is 9.59 Å². The molecule has 1 aliphatic heterocycles. The molecule has 30 heavy (non-hydrogen) atoms. The highest BCUT2D eigenvalue weighted by atomic mass is 32.1. The number of aryl methyl sites for hydroxylation is 1. The van der Waals surface area contributed by atoms with Gasteiger partial charge in [-0.2, -0.15) is 0 Å². The van der Waals surface area contributed by atoms with Gasteiger partial charge in [0.05, 0.1) is 15.6 Å². The summed E-state index contributed by atoms with van der Waals surface area (Å²) >= 11 is 1.51. The Morgan fingerprint density at radius 1 is 1.13 bits per heavy atom. The number of benzene rings is 1. The molecule has 7 rings (SSSR count). The lowest BCUT2D eigenvalue weighted by atomic mass is 9.49. The maximum Gasteiger partial charge on any atom is 0.248 e. The van der Waals surface area contributed by atoms with Crippen molar-refractivity contribution < 1.29 is 9.59 Å². The largest absolute Gasteiger partial charge is 0.330 e. The summed E-state index contributed by atoms with van der Waals surface area (Å²) in [7, 11) is 0. The third kappa shape index (κ3) is 2.98. The lowest BCUT2D eigenvalue weighted by molar-refractivity contribution is -0.160. The van der Waals surface area contributed by atoms with Gasteiger partial charge >= 0.3 is 0 Å². The van der Waals surface area contributed by atoms with Crippen molar-refractivity contribution in [2.24, 2.45) is 23.2 Å². The van der Waals surface area contributed by atoms with Crippen LogP contribution in [0.1, 0.15) is 56.9 Å². The van der Waals surface area contributed by atoms with Gasteiger partial charge < -0.3 is 10.2 Å². The van der Waals surface area contributed by atoms with Gasteiger partial charge in [0.2, 0.25) is 11.8 Å². The highest BCUT2D eigenvalue weighted by Crippen LogP contribution is 2.60. The van der Waals surface area contributed by atoms with Crippen LogP contribution in [0.3, 0.4) is 0 Å². The van der Waals surface area contributed by atoms with Crippen LogP contribution in [0.2, 0.25) is 0 Å². The molecular weight excluding hydrogens is 394 g/mol. The highest BCUT2D eigenvalue weighted by Gasteiger charge is 2.56. The van der Waals surface area contributed by atoms with Gasteiger partial charge in [-0.15, -0.1) is 0 Å². The number of thiazole rings is 1. The third-order valence-corrected chi connectivity index (χ3v) is 9.02. The SMILES string of the molecule is Cc1ccc2nc(NC(=O)C3CCCN3C(=O)C34CC5CC(CC(C5)C3)C4)sc2c1. The smallest absolute Gasteiger partial charge is 0.248 e. The maximum absolute atomic E-state index is 13.8. The minimum atomic E-state index is -0.348. The molecule has 1 N–H and O–H groups in total. The lowest BCUT2D eigenvalue weighted by Gasteiger charge is -2.56. The summed E-state index contributed by atoms with van der Waals surface area (Å²) in [5, 5.41) is 3.66. The van der Waals surface area contributed by atoms with Crippen molar-refractivity contribution in [1.29, 1.82) is 0 Å². The number of nitrogens with one attached hydrogen (secondary N) is 1. The standard InChI is InChI=1S/C24H29N3O2S/c1-14-4-5-18-20(7-14)30-23(25-18)26-21(28)19-3-2-6-27(19)22(29)24-11-15-8-16(12-24)10-17(9-15)13-24/h4-5,7,15-17,19H,2-3,6,8-13H2,1H3,(H,25,26,28). The van der Waals surface area contributed by atoms with Crippen molar-refractivity contribution in [3.05, 3.63) is 23.8 Å². The molecule has 0 spiro atoms. The molecule has 0 radical (unpaired) electrons. The molecule has 4 bridgehead atoms. The predicted octanol–water partition coefficient (Wildman–Crippen LogP) is 4.75. The van der Waals surface area contributed by atoms with E-state index in [9.17, 15) is 9.59 Å². The van der Waals surface area contributed by atoms with Crippen molar-refractivity contribution in [3.63, 3.8) is 0 Å². The van der Waals surface area contributed by atoms with Crippen LogP contribution in [0.4, 0.5) is 5.13 Å². The molecule has 5 aliphatic rings. The number of amides is 2. The molecule has 5 fully saturated rings. The molecule has 158 valence electrons. The Kier molecular flexibility index (Phi) is 4.24. The number of likely N-dealkylation sites (tertiary alicyclic amines) is 1. The normalized spacial score (nSPS) is 34.6. The first-order valence-corrected chi connectivity index (χ1v) is 12.3. The van der Waals surface area contributed by atoms with Gasteiger partial charge in [0, 0.05) is 6.54 Å². The first-order chi connectivity index (χ1) is 14.5. The fourth-order valence-corrected chi connectivity index (χ4v) is 8.20. The Morgan fingerprint density at radius 3 is 2.53 bits per heavy atom. The number of aromatic nitrogens is 1. The average Bonchev–Trinajstić information content (AvgIpc) is 3.32. The zero-order valence-corrected chi connectivity index (χ0v) is 18.3. The number of rotatable bonds is 3. The van der Waals surface area contributed by atoms with E-state index in [1.54, 1.807) is 0 Å². The maximum atomic E-state index is 13.8. The van der Waals surface area contributed by atoms with Crippen LogP contribution < -0.4 is 5.32 Å². The monoisotopic (exact) mass is 423 g/mol. The Labute approximate surface area is 181 Å². The molecule has 1 saturated heterocycles. The lowest BCUT2D eigenvalue weighted by Crippen LogP contribution is -2.56. The van der Waals surface area contributed by atoms with E-state index in [0.29, 0.717) is 5.13 Å². The van der Waals surface area contributed by atoms with E-state index in [2.05, 4.69) is 23.3 Å². The molecule has 1 aromatic heterocycles. The first-order valence-electron chi connectivity index (χ1n) is 11.5. The van der Waals surface area contributed by atoms with Crippen LogP contribution in [0.5, 0.6) is 0 Å². The molecular formula is C24H29N3O2S. The van der Waals surface area contributed by atoms with Crippen LogP contribution in [0.25, 0.3) is 10.2 Å². The second-order valence-corrected chi connectivity index (χ2v) is 11.4. The van der Waals surface area contributed by atoms with E-state index in [1.807, 2.05) is 17.0 Å². The van der Waals surface area contributed by atoms with Crippen molar-refractivity contribution in [3.8, 4) is 0 Å². The number of hydrogen-bond donors (Lipinski definition) is 1. The fraction of sp³-hybridized carbons (Fsp3) is 0.625. The number of nitrogens with zero attached hydrogens (tertiary/aromatic N) is 2. The zero-order valence-electron chi connectivity index (χ0n) is 17.5. The second kappa shape index (κ2) is 6.78. The second-order valence-electron chi connectivity index (χ2n) is 10.3. The van der Waals surface area contributed by atoms with E-state index in [1.165, 1.54) is 36.2 Å². The molecule has 5 nitrogen and oxygen atoms in total. The molecule has 4 aliphatic carbocycles. The number of hydrogen-bond acceptors (Lipinski definition) is 4. The summed E-state index contributed by atoms with van der Waals surface area (Å²) in [5.41, 5.74) is 1.92. The van der Waals surface area contributed by atoms with Crippen LogP contribution in [0.15, 0.2) is 18.2 Å². The molecule has 1 aromatic carbocycles. The summed E-state index contributed by atoms with van der Waals surface area (Å²) in [4.78, 5) is 33.4. The van der Waals surface area contributed by atoms with E-state index in [-0.39, 0.29) is 23.3 Å².